The van der Waals surface area contributed by atoms with Crippen molar-refractivity contribution in [1.82, 2.24) is 14.8 Å². The van der Waals surface area contributed by atoms with E-state index in [2.05, 4.69) is 4.98 Å². The number of para-hydroxylation sites is 1. The van der Waals surface area contributed by atoms with Gasteiger partial charge in [-0.1, -0.05) is 18.2 Å². The van der Waals surface area contributed by atoms with Crippen molar-refractivity contribution in [2.45, 2.75) is 19.3 Å². The Morgan fingerprint density at radius 3 is 2.55 bits per heavy atom. The smallest absolute Gasteiger partial charge is 0.232 e. The van der Waals surface area contributed by atoms with Crippen molar-refractivity contribution in [3.05, 3.63) is 36.0 Å². The topological polar surface area (TPSA) is 56.4 Å². The molecule has 0 radical (unpaired) electrons. The number of hydrogen-bond donors (Lipinski definition) is 1. The van der Waals surface area contributed by atoms with E-state index in [1.54, 1.807) is 4.90 Å². The third kappa shape index (κ3) is 2.36. The number of piperazine rings is 1. The van der Waals surface area contributed by atoms with Gasteiger partial charge in [-0.2, -0.15) is 0 Å². The minimum absolute atomic E-state index is 0.114. The molecule has 1 aromatic carbocycles. The van der Waals surface area contributed by atoms with Gasteiger partial charge in [0.15, 0.2) is 0 Å². The fourth-order valence-corrected chi connectivity index (χ4v) is 3.13. The van der Waals surface area contributed by atoms with Gasteiger partial charge in [0.2, 0.25) is 12.3 Å². The molecule has 1 aromatic heterocycles. The van der Waals surface area contributed by atoms with Crippen LogP contribution in [0, 0.1) is 0 Å². The van der Waals surface area contributed by atoms with E-state index in [1.165, 1.54) is 0 Å². The number of nitrogens with one attached hydrogen (secondary N) is 1. The largest absolute Gasteiger partial charge is 0.361 e. The van der Waals surface area contributed by atoms with Crippen molar-refractivity contribution < 1.29 is 9.59 Å². The number of carbonyl (C=O) groups excluding carboxylic acids is 2. The molecular weight excluding hydrogens is 278 g/mol. The summed E-state index contributed by atoms with van der Waals surface area (Å²) in [5, 5.41) is 1.09. The predicted octanol–water partition coefficient (Wildman–Crippen LogP) is 1.75. The molecule has 0 unspecified atom stereocenters. The molecule has 0 atom stereocenters. The number of aromatic nitrogens is 1. The van der Waals surface area contributed by atoms with E-state index < -0.39 is 5.41 Å². The maximum atomic E-state index is 13.0. The van der Waals surface area contributed by atoms with Crippen molar-refractivity contribution in [3.8, 4) is 0 Å². The van der Waals surface area contributed by atoms with Crippen molar-refractivity contribution in [2.24, 2.45) is 0 Å². The van der Waals surface area contributed by atoms with Crippen molar-refractivity contribution in [1.29, 1.82) is 0 Å². The maximum absolute atomic E-state index is 13.0. The molecular formula is C17H21N3O2. The van der Waals surface area contributed by atoms with Crippen LogP contribution in [-0.2, 0) is 15.0 Å². The van der Waals surface area contributed by atoms with Crippen molar-refractivity contribution in [2.75, 3.05) is 26.2 Å². The molecule has 1 aliphatic rings. The second kappa shape index (κ2) is 5.48. The predicted molar refractivity (Wildman–Crippen MR) is 85.5 cm³/mol. The molecule has 3 rings (SSSR count). The number of H-pyrrole nitrogens is 1. The highest BCUT2D eigenvalue weighted by molar-refractivity contribution is 5.94. The molecule has 1 aliphatic heterocycles. The lowest BCUT2D eigenvalue weighted by atomic mass is 9.82. The average molecular weight is 299 g/mol. The van der Waals surface area contributed by atoms with Gasteiger partial charge in [-0.15, -0.1) is 0 Å². The van der Waals surface area contributed by atoms with Crippen LogP contribution >= 0.6 is 0 Å². The SMILES string of the molecule is CC(C)(C(=O)N1CCN(C=O)CC1)c1c[nH]c2ccccc12. The molecule has 22 heavy (non-hydrogen) atoms. The highest BCUT2D eigenvalue weighted by atomic mass is 16.2. The molecule has 0 bridgehead atoms. The number of fused-ring (bicyclic) bond motifs is 1. The van der Waals surface area contributed by atoms with Crippen LogP contribution in [-0.4, -0.2) is 53.3 Å². The molecule has 0 spiro atoms. The van der Waals surface area contributed by atoms with Crippen LogP contribution in [0.5, 0.6) is 0 Å². The van der Waals surface area contributed by atoms with Crippen LogP contribution in [0.2, 0.25) is 0 Å². The summed E-state index contributed by atoms with van der Waals surface area (Å²) >= 11 is 0. The fourth-order valence-electron chi connectivity index (χ4n) is 3.13. The van der Waals surface area contributed by atoms with Crippen LogP contribution in [0.1, 0.15) is 19.4 Å². The Bertz CT molecular complexity index is 697. The zero-order chi connectivity index (χ0) is 15.7. The summed E-state index contributed by atoms with van der Waals surface area (Å²) in [6, 6.07) is 8.03. The summed E-state index contributed by atoms with van der Waals surface area (Å²) < 4.78 is 0. The molecule has 2 aromatic rings. The third-order valence-electron chi connectivity index (χ3n) is 4.55. The molecule has 1 fully saturated rings. The number of benzene rings is 1. The van der Waals surface area contributed by atoms with Gasteiger partial charge in [-0.3, -0.25) is 9.59 Å². The van der Waals surface area contributed by atoms with E-state index in [0.29, 0.717) is 26.2 Å². The van der Waals surface area contributed by atoms with Gasteiger partial charge in [-0.05, 0) is 25.5 Å². The zero-order valence-corrected chi connectivity index (χ0v) is 13.0. The molecule has 2 heterocycles. The molecule has 2 amide bonds. The average Bonchev–Trinajstić information content (AvgIpc) is 2.99. The lowest BCUT2D eigenvalue weighted by Crippen LogP contribution is -2.52. The summed E-state index contributed by atoms with van der Waals surface area (Å²) in [4.78, 5) is 30.6. The molecule has 1 N–H and O–H groups in total. The summed E-state index contributed by atoms with van der Waals surface area (Å²) in [5.74, 6) is 0.114. The summed E-state index contributed by atoms with van der Waals surface area (Å²) in [5.41, 5.74) is 1.47. The first-order chi connectivity index (χ1) is 10.5. The number of amides is 2. The van der Waals surface area contributed by atoms with Crippen molar-refractivity contribution in [3.63, 3.8) is 0 Å². The fraction of sp³-hybridized carbons (Fsp3) is 0.412. The molecule has 5 nitrogen and oxygen atoms in total. The van der Waals surface area contributed by atoms with E-state index >= 15 is 0 Å². The van der Waals surface area contributed by atoms with Gasteiger partial charge < -0.3 is 14.8 Å². The van der Waals surface area contributed by atoms with Crippen LogP contribution in [0.15, 0.2) is 30.5 Å². The van der Waals surface area contributed by atoms with Gasteiger partial charge in [0.1, 0.15) is 0 Å². The highest BCUT2D eigenvalue weighted by Gasteiger charge is 2.36. The minimum atomic E-state index is -0.594. The summed E-state index contributed by atoms with van der Waals surface area (Å²) in [6.07, 6.45) is 2.79. The number of aromatic amines is 1. The summed E-state index contributed by atoms with van der Waals surface area (Å²) in [6.45, 7) is 6.36. The van der Waals surface area contributed by atoms with Gasteiger partial charge in [0.25, 0.3) is 0 Å². The number of carbonyl (C=O) groups is 2. The van der Waals surface area contributed by atoms with E-state index in [4.69, 9.17) is 0 Å². The first kappa shape index (κ1) is 14.6. The van der Waals surface area contributed by atoms with Crippen molar-refractivity contribution >= 4 is 23.2 Å². The van der Waals surface area contributed by atoms with Gasteiger partial charge in [0, 0.05) is 43.3 Å². The number of nitrogens with zero attached hydrogens (tertiary/aromatic N) is 2. The Labute approximate surface area is 129 Å². The second-order valence-corrected chi connectivity index (χ2v) is 6.31. The van der Waals surface area contributed by atoms with Gasteiger partial charge >= 0.3 is 0 Å². The van der Waals surface area contributed by atoms with E-state index in [9.17, 15) is 9.59 Å². The molecule has 116 valence electrons. The number of hydrogen-bond acceptors (Lipinski definition) is 2. The lowest BCUT2D eigenvalue weighted by Gasteiger charge is -2.37. The standard InChI is InChI=1S/C17H21N3O2/c1-17(2,14-11-18-15-6-4-3-5-13(14)15)16(22)20-9-7-19(12-21)8-10-20/h3-6,11-12,18H,7-10H2,1-2H3. The molecule has 5 heteroatoms. The van der Waals surface area contributed by atoms with Crippen LogP contribution in [0.4, 0.5) is 0 Å². The Balaban J connectivity index is 1.86. The zero-order valence-electron chi connectivity index (χ0n) is 13.0. The normalized spacial score (nSPS) is 16.1. The highest BCUT2D eigenvalue weighted by Crippen LogP contribution is 2.32. The Kier molecular flexibility index (Phi) is 3.64. The number of rotatable bonds is 3. The van der Waals surface area contributed by atoms with E-state index in [-0.39, 0.29) is 5.91 Å². The van der Waals surface area contributed by atoms with Gasteiger partial charge in [-0.25, -0.2) is 0 Å². The van der Waals surface area contributed by atoms with Crippen LogP contribution in [0.25, 0.3) is 10.9 Å². The third-order valence-corrected chi connectivity index (χ3v) is 4.55. The molecule has 1 saturated heterocycles. The summed E-state index contributed by atoms with van der Waals surface area (Å²) in [7, 11) is 0. The second-order valence-electron chi connectivity index (χ2n) is 6.31. The Hall–Kier alpha value is -2.30. The Morgan fingerprint density at radius 1 is 1.18 bits per heavy atom. The molecule has 0 aliphatic carbocycles. The first-order valence-corrected chi connectivity index (χ1v) is 7.59. The Morgan fingerprint density at radius 2 is 1.86 bits per heavy atom. The lowest BCUT2D eigenvalue weighted by molar-refractivity contribution is -0.139. The van der Waals surface area contributed by atoms with E-state index in [1.807, 2.05) is 49.2 Å². The molecule has 0 saturated carbocycles. The van der Waals surface area contributed by atoms with Gasteiger partial charge in [0.05, 0.1) is 5.41 Å². The minimum Gasteiger partial charge on any atom is -0.361 e. The monoisotopic (exact) mass is 299 g/mol. The first-order valence-electron chi connectivity index (χ1n) is 7.59. The van der Waals surface area contributed by atoms with E-state index in [0.717, 1.165) is 22.9 Å². The maximum Gasteiger partial charge on any atom is 0.232 e. The van der Waals surface area contributed by atoms with Crippen LogP contribution < -0.4 is 0 Å². The van der Waals surface area contributed by atoms with Crippen LogP contribution in [0.3, 0.4) is 0 Å². The quantitative estimate of drug-likeness (QED) is 0.878.